The summed E-state index contributed by atoms with van der Waals surface area (Å²) in [6.45, 7) is 8.08. The molecular formula is C16H20O4. The van der Waals surface area contributed by atoms with E-state index in [1.54, 1.807) is 6.08 Å². The summed E-state index contributed by atoms with van der Waals surface area (Å²) in [4.78, 5) is 0. The predicted molar refractivity (Wildman–Crippen MR) is 73.9 cm³/mol. The molecule has 0 saturated carbocycles. The SMILES string of the molecule is C=C[C@H]1O[C@@H]2OC(C)(C)O[C@H]2[C@H]1OCc1ccccc1. The smallest absolute Gasteiger partial charge is 0.190 e. The first-order valence-corrected chi connectivity index (χ1v) is 6.88. The van der Waals surface area contributed by atoms with Gasteiger partial charge in [0.2, 0.25) is 0 Å². The molecule has 4 nitrogen and oxygen atoms in total. The fraction of sp³-hybridized carbons (Fsp3) is 0.500. The van der Waals surface area contributed by atoms with Crippen molar-refractivity contribution in [2.45, 2.75) is 50.8 Å². The van der Waals surface area contributed by atoms with Crippen LogP contribution in [0.3, 0.4) is 0 Å². The molecule has 1 aromatic rings. The Hall–Kier alpha value is -1.20. The highest BCUT2D eigenvalue weighted by Crippen LogP contribution is 2.39. The zero-order valence-corrected chi connectivity index (χ0v) is 11.8. The Morgan fingerprint density at radius 1 is 1.25 bits per heavy atom. The Bertz CT molecular complexity index is 471. The van der Waals surface area contributed by atoms with Gasteiger partial charge >= 0.3 is 0 Å². The Balaban J connectivity index is 1.68. The van der Waals surface area contributed by atoms with Gasteiger partial charge in [0, 0.05) is 0 Å². The predicted octanol–water partition coefficient (Wildman–Crippen LogP) is 2.63. The highest BCUT2D eigenvalue weighted by molar-refractivity contribution is 5.13. The molecule has 0 amide bonds. The van der Waals surface area contributed by atoms with Crippen molar-refractivity contribution < 1.29 is 18.9 Å². The van der Waals surface area contributed by atoms with Gasteiger partial charge in [-0.1, -0.05) is 36.4 Å². The molecule has 20 heavy (non-hydrogen) atoms. The zero-order valence-electron chi connectivity index (χ0n) is 11.8. The average molecular weight is 276 g/mol. The van der Waals surface area contributed by atoms with E-state index in [0.717, 1.165) is 5.56 Å². The van der Waals surface area contributed by atoms with Crippen LogP contribution in [0.5, 0.6) is 0 Å². The summed E-state index contributed by atoms with van der Waals surface area (Å²) in [6, 6.07) is 10.0. The average Bonchev–Trinajstić information content (AvgIpc) is 2.89. The van der Waals surface area contributed by atoms with Crippen LogP contribution in [0.4, 0.5) is 0 Å². The summed E-state index contributed by atoms with van der Waals surface area (Å²) in [5.74, 6) is -0.629. The Morgan fingerprint density at radius 2 is 2.00 bits per heavy atom. The molecule has 2 aliphatic heterocycles. The van der Waals surface area contributed by atoms with Crippen molar-refractivity contribution in [3.63, 3.8) is 0 Å². The normalized spacial score (nSPS) is 34.9. The maximum atomic E-state index is 6.00. The van der Waals surface area contributed by atoms with Crippen LogP contribution in [0.2, 0.25) is 0 Å². The molecule has 4 heteroatoms. The molecule has 2 heterocycles. The van der Waals surface area contributed by atoms with Gasteiger partial charge in [-0.15, -0.1) is 6.58 Å². The maximum Gasteiger partial charge on any atom is 0.190 e. The minimum atomic E-state index is -0.629. The number of hydrogen-bond donors (Lipinski definition) is 0. The van der Waals surface area contributed by atoms with E-state index >= 15 is 0 Å². The molecule has 2 aliphatic rings. The minimum Gasteiger partial charge on any atom is -0.368 e. The van der Waals surface area contributed by atoms with Gasteiger partial charge < -0.3 is 18.9 Å². The van der Waals surface area contributed by atoms with E-state index in [-0.39, 0.29) is 24.6 Å². The fourth-order valence-electron chi connectivity index (χ4n) is 2.65. The molecule has 0 aliphatic carbocycles. The molecule has 3 rings (SSSR count). The van der Waals surface area contributed by atoms with Crippen LogP contribution in [0.25, 0.3) is 0 Å². The summed E-state index contributed by atoms with van der Waals surface area (Å²) < 4.78 is 23.4. The molecule has 2 saturated heterocycles. The van der Waals surface area contributed by atoms with E-state index in [2.05, 4.69) is 6.58 Å². The van der Waals surface area contributed by atoms with Crippen LogP contribution in [0, 0.1) is 0 Å². The molecule has 0 aromatic heterocycles. The molecule has 4 atom stereocenters. The minimum absolute atomic E-state index is 0.195. The van der Waals surface area contributed by atoms with Crippen LogP contribution in [0.15, 0.2) is 43.0 Å². The van der Waals surface area contributed by atoms with Gasteiger partial charge in [-0.3, -0.25) is 0 Å². The van der Waals surface area contributed by atoms with Gasteiger partial charge in [0.25, 0.3) is 0 Å². The van der Waals surface area contributed by atoms with Crippen LogP contribution in [0.1, 0.15) is 19.4 Å². The van der Waals surface area contributed by atoms with Crippen molar-refractivity contribution in [2.24, 2.45) is 0 Å². The Morgan fingerprint density at radius 3 is 2.70 bits per heavy atom. The Kier molecular flexibility index (Phi) is 3.65. The quantitative estimate of drug-likeness (QED) is 0.792. The second kappa shape index (κ2) is 5.30. The summed E-state index contributed by atoms with van der Waals surface area (Å²) in [6.07, 6.45) is 0.753. The molecule has 0 spiro atoms. The number of ether oxygens (including phenoxy) is 4. The molecule has 0 N–H and O–H groups in total. The summed E-state index contributed by atoms with van der Waals surface area (Å²) in [5, 5.41) is 0. The number of rotatable bonds is 4. The van der Waals surface area contributed by atoms with Crippen LogP contribution in [-0.2, 0) is 25.6 Å². The van der Waals surface area contributed by atoms with Crippen molar-refractivity contribution in [1.82, 2.24) is 0 Å². The number of fused-ring (bicyclic) bond motifs is 1. The second-order valence-corrected chi connectivity index (χ2v) is 5.57. The summed E-state index contributed by atoms with van der Waals surface area (Å²) in [5.41, 5.74) is 1.12. The zero-order chi connectivity index (χ0) is 14.2. The lowest BCUT2D eigenvalue weighted by Gasteiger charge is -2.24. The number of benzene rings is 1. The van der Waals surface area contributed by atoms with Gasteiger partial charge in [-0.25, -0.2) is 0 Å². The largest absolute Gasteiger partial charge is 0.368 e. The lowest BCUT2D eigenvalue weighted by molar-refractivity contribution is -0.213. The van der Waals surface area contributed by atoms with Crippen molar-refractivity contribution in [3.8, 4) is 0 Å². The molecule has 0 bridgehead atoms. The molecule has 0 unspecified atom stereocenters. The maximum absolute atomic E-state index is 6.00. The lowest BCUT2D eigenvalue weighted by atomic mass is 10.1. The highest BCUT2D eigenvalue weighted by atomic mass is 16.8. The van der Waals surface area contributed by atoms with E-state index in [1.165, 1.54) is 0 Å². The van der Waals surface area contributed by atoms with E-state index in [4.69, 9.17) is 18.9 Å². The van der Waals surface area contributed by atoms with E-state index in [1.807, 2.05) is 44.2 Å². The molecule has 108 valence electrons. The van der Waals surface area contributed by atoms with E-state index < -0.39 is 5.79 Å². The first kappa shape index (κ1) is 13.8. The van der Waals surface area contributed by atoms with Crippen molar-refractivity contribution in [3.05, 3.63) is 48.6 Å². The second-order valence-electron chi connectivity index (χ2n) is 5.57. The van der Waals surface area contributed by atoms with Gasteiger partial charge in [0.15, 0.2) is 12.1 Å². The monoisotopic (exact) mass is 276 g/mol. The van der Waals surface area contributed by atoms with Crippen molar-refractivity contribution in [2.75, 3.05) is 0 Å². The first-order chi connectivity index (χ1) is 9.59. The number of hydrogen-bond acceptors (Lipinski definition) is 4. The van der Waals surface area contributed by atoms with Gasteiger partial charge in [-0.05, 0) is 19.4 Å². The third-order valence-corrected chi connectivity index (χ3v) is 3.54. The van der Waals surface area contributed by atoms with E-state index in [9.17, 15) is 0 Å². The van der Waals surface area contributed by atoms with Crippen LogP contribution < -0.4 is 0 Å². The standard InChI is InChI=1S/C16H20O4/c1-4-12-13(17-10-11-8-6-5-7-9-11)14-15(18-12)20-16(2,3)19-14/h4-9,12-15H,1,10H2,2-3H3/t12-,13+,14+,15-/m1/s1. The van der Waals surface area contributed by atoms with Gasteiger partial charge in [0.05, 0.1) is 6.61 Å². The van der Waals surface area contributed by atoms with Crippen molar-refractivity contribution in [1.29, 1.82) is 0 Å². The Labute approximate surface area is 119 Å². The molecule has 2 fully saturated rings. The third kappa shape index (κ3) is 2.65. The summed E-state index contributed by atoms with van der Waals surface area (Å²) >= 11 is 0. The van der Waals surface area contributed by atoms with Gasteiger partial charge in [0.1, 0.15) is 18.3 Å². The topological polar surface area (TPSA) is 36.9 Å². The molecule has 1 aromatic carbocycles. The summed E-state index contributed by atoms with van der Waals surface area (Å²) in [7, 11) is 0. The molecule has 0 radical (unpaired) electrons. The fourth-order valence-corrected chi connectivity index (χ4v) is 2.65. The van der Waals surface area contributed by atoms with Gasteiger partial charge in [-0.2, -0.15) is 0 Å². The van der Waals surface area contributed by atoms with E-state index in [0.29, 0.717) is 6.61 Å². The third-order valence-electron chi connectivity index (χ3n) is 3.54. The first-order valence-electron chi connectivity index (χ1n) is 6.88. The van der Waals surface area contributed by atoms with Crippen molar-refractivity contribution >= 4 is 0 Å². The van der Waals surface area contributed by atoms with Crippen LogP contribution in [-0.4, -0.2) is 30.4 Å². The molecular weight excluding hydrogens is 256 g/mol. The van der Waals surface area contributed by atoms with Crippen LogP contribution >= 0.6 is 0 Å². The highest BCUT2D eigenvalue weighted by Gasteiger charge is 2.54. The lowest BCUT2D eigenvalue weighted by Crippen LogP contribution is -2.35.